The first-order valence-electron chi connectivity index (χ1n) is 10.7. The summed E-state index contributed by atoms with van der Waals surface area (Å²) in [5, 5.41) is 5.74. The van der Waals surface area contributed by atoms with E-state index in [0.717, 1.165) is 52.6 Å². The summed E-state index contributed by atoms with van der Waals surface area (Å²) in [4.78, 5) is 22.8. The summed E-state index contributed by atoms with van der Waals surface area (Å²) in [6.45, 7) is 5.11. The molecule has 154 valence electrons. The zero-order chi connectivity index (χ0) is 20.3. The van der Waals surface area contributed by atoms with Crippen LogP contribution in [-0.2, 0) is 6.54 Å². The van der Waals surface area contributed by atoms with Crippen molar-refractivity contribution in [3.8, 4) is 0 Å². The maximum absolute atomic E-state index is 4.68. The van der Waals surface area contributed by atoms with Gasteiger partial charge >= 0.3 is 0 Å². The lowest BCUT2D eigenvalue weighted by atomic mass is 10.1. The molecule has 1 N–H and O–H groups in total. The number of nitrogens with zero attached hydrogens (tertiary/aromatic N) is 6. The van der Waals surface area contributed by atoms with Crippen LogP contribution in [0.15, 0.2) is 47.8 Å². The Labute approximate surface area is 176 Å². The summed E-state index contributed by atoms with van der Waals surface area (Å²) in [5.74, 6) is 1.82. The van der Waals surface area contributed by atoms with Gasteiger partial charge in [-0.05, 0) is 55.6 Å². The molecule has 2 aromatic heterocycles. The van der Waals surface area contributed by atoms with Gasteiger partial charge in [-0.25, -0.2) is 9.97 Å². The van der Waals surface area contributed by atoms with E-state index in [1.165, 1.54) is 32.4 Å². The van der Waals surface area contributed by atoms with E-state index in [9.17, 15) is 0 Å². The highest BCUT2D eigenvalue weighted by Gasteiger charge is 2.18. The Kier molecular flexibility index (Phi) is 5.27. The van der Waals surface area contributed by atoms with Crippen LogP contribution in [0.2, 0.25) is 0 Å². The van der Waals surface area contributed by atoms with Gasteiger partial charge in [-0.3, -0.25) is 9.98 Å². The van der Waals surface area contributed by atoms with E-state index < -0.39 is 0 Å². The zero-order valence-electron chi connectivity index (χ0n) is 17.4. The van der Waals surface area contributed by atoms with Gasteiger partial charge in [0, 0.05) is 49.8 Å². The highest BCUT2D eigenvalue weighted by atomic mass is 15.2. The van der Waals surface area contributed by atoms with Crippen molar-refractivity contribution < 1.29 is 0 Å². The number of fused-ring (bicyclic) bond motifs is 2. The molecular weight excluding hydrogens is 374 g/mol. The first kappa shape index (κ1) is 18.9. The summed E-state index contributed by atoms with van der Waals surface area (Å²) in [7, 11) is 2.14. The number of nitrogens with one attached hydrogen (secondary N) is 1. The van der Waals surface area contributed by atoms with Crippen molar-refractivity contribution >= 4 is 28.1 Å². The van der Waals surface area contributed by atoms with Gasteiger partial charge in [0.25, 0.3) is 0 Å². The van der Waals surface area contributed by atoms with E-state index in [1.807, 2.05) is 6.20 Å². The number of likely N-dealkylation sites (tertiary alicyclic amines) is 1. The number of amidine groups is 1. The fraction of sp³-hybridized carbons (Fsp3) is 0.391. The summed E-state index contributed by atoms with van der Waals surface area (Å²) in [6.07, 6.45) is 9.34. The molecule has 7 nitrogen and oxygen atoms in total. The Bertz CT molecular complexity index is 1070. The van der Waals surface area contributed by atoms with Crippen LogP contribution < -0.4 is 10.2 Å². The molecule has 0 bridgehead atoms. The smallest absolute Gasteiger partial charge is 0.154 e. The van der Waals surface area contributed by atoms with Gasteiger partial charge in [-0.1, -0.05) is 6.42 Å². The number of rotatable bonds is 5. The summed E-state index contributed by atoms with van der Waals surface area (Å²) >= 11 is 0. The minimum absolute atomic E-state index is 0.578. The number of piperidine rings is 1. The van der Waals surface area contributed by atoms with Gasteiger partial charge in [0.2, 0.25) is 0 Å². The maximum Gasteiger partial charge on any atom is 0.154 e. The Morgan fingerprint density at radius 1 is 1.00 bits per heavy atom. The van der Waals surface area contributed by atoms with Crippen molar-refractivity contribution in [3.63, 3.8) is 0 Å². The van der Waals surface area contributed by atoms with Crippen LogP contribution in [0.4, 0.5) is 11.5 Å². The second-order valence-electron chi connectivity index (χ2n) is 8.04. The molecule has 4 heterocycles. The molecule has 1 aromatic carbocycles. The molecule has 1 fully saturated rings. The SMILES string of the molecule is CN(CCN1CCCCC1)c1nccc2cc(NC3=NCc4nccnc43)ccc12. The lowest BCUT2D eigenvalue weighted by Gasteiger charge is -2.29. The van der Waals surface area contributed by atoms with Crippen molar-refractivity contribution in [2.45, 2.75) is 25.8 Å². The van der Waals surface area contributed by atoms with Crippen LogP contribution in [-0.4, -0.2) is 58.9 Å². The normalized spacial score (nSPS) is 16.4. The molecule has 30 heavy (non-hydrogen) atoms. The topological polar surface area (TPSA) is 69.5 Å². The number of aliphatic imine (C=N–C) groups is 1. The van der Waals surface area contributed by atoms with Crippen molar-refractivity contribution in [1.82, 2.24) is 19.9 Å². The lowest BCUT2D eigenvalue weighted by molar-refractivity contribution is 0.234. The molecule has 0 amide bonds. The first-order chi connectivity index (χ1) is 14.8. The molecule has 1 saturated heterocycles. The summed E-state index contributed by atoms with van der Waals surface area (Å²) < 4.78 is 0. The molecular formula is C23H27N7. The third kappa shape index (κ3) is 3.85. The third-order valence-electron chi connectivity index (χ3n) is 5.95. The Hall–Kier alpha value is -3.06. The number of pyridine rings is 1. The van der Waals surface area contributed by atoms with Gasteiger partial charge in [-0.15, -0.1) is 0 Å². The summed E-state index contributed by atoms with van der Waals surface area (Å²) in [5.41, 5.74) is 2.75. The third-order valence-corrected chi connectivity index (χ3v) is 5.95. The van der Waals surface area contributed by atoms with Gasteiger partial charge < -0.3 is 15.1 Å². The van der Waals surface area contributed by atoms with Crippen LogP contribution in [0.5, 0.6) is 0 Å². The lowest BCUT2D eigenvalue weighted by Crippen LogP contribution is -2.36. The average Bonchev–Trinajstić information content (AvgIpc) is 3.20. The number of aromatic nitrogens is 3. The largest absolute Gasteiger partial charge is 0.358 e. The van der Waals surface area contributed by atoms with E-state index in [2.05, 4.69) is 66.4 Å². The minimum atomic E-state index is 0.578. The zero-order valence-corrected chi connectivity index (χ0v) is 17.4. The van der Waals surface area contributed by atoms with Gasteiger partial charge in [0.1, 0.15) is 11.5 Å². The molecule has 0 spiro atoms. The van der Waals surface area contributed by atoms with E-state index in [1.54, 1.807) is 12.4 Å². The van der Waals surface area contributed by atoms with Crippen molar-refractivity contribution in [3.05, 3.63) is 54.2 Å². The number of benzene rings is 1. The van der Waals surface area contributed by atoms with Crippen LogP contribution in [0.3, 0.4) is 0 Å². The second kappa shape index (κ2) is 8.36. The molecule has 2 aliphatic heterocycles. The molecule has 0 radical (unpaired) electrons. The van der Waals surface area contributed by atoms with Crippen molar-refractivity contribution in [2.75, 3.05) is 43.4 Å². The Balaban J connectivity index is 1.32. The molecule has 0 atom stereocenters. The molecule has 3 aromatic rings. The molecule has 0 aliphatic carbocycles. The molecule has 7 heteroatoms. The predicted molar refractivity (Wildman–Crippen MR) is 121 cm³/mol. The van der Waals surface area contributed by atoms with Crippen molar-refractivity contribution in [2.24, 2.45) is 4.99 Å². The van der Waals surface area contributed by atoms with Crippen LogP contribution in [0, 0.1) is 0 Å². The minimum Gasteiger partial charge on any atom is -0.358 e. The maximum atomic E-state index is 4.68. The fourth-order valence-electron chi connectivity index (χ4n) is 4.27. The number of hydrogen-bond donors (Lipinski definition) is 1. The second-order valence-corrected chi connectivity index (χ2v) is 8.04. The van der Waals surface area contributed by atoms with Gasteiger partial charge in [0.05, 0.1) is 12.2 Å². The Morgan fingerprint density at radius 2 is 1.87 bits per heavy atom. The molecule has 0 unspecified atom stereocenters. The highest BCUT2D eigenvalue weighted by molar-refractivity contribution is 6.09. The number of likely N-dealkylation sites (N-methyl/N-ethyl adjacent to an activating group) is 1. The van der Waals surface area contributed by atoms with Crippen molar-refractivity contribution in [1.29, 1.82) is 0 Å². The molecule has 0 saturated carbocycles. The van der Waals surface area contributed by atoms with E-state index in [-0.39, 0.29) is 0 Å². The summed E-state index contributed by atoms with van der Waals surface area (Å²) in [6, 6.07) is 8.44. The highest BCUT2D eigenvalue weighted by Crippen LogP contribution is 2.27. The van der Waals surface area contributed by atoms with E-state index in [4.69, 9.17) is 0 Å². The quantitative estimate of drug-likeness (QED) is 0.707. The Morgan fingerprint density at radius 3 is 2.77 bits per heavy atom. The van der Waals surface area contributed by atoms with Gasteiger partial charge in [-0.2, -0.15) is 0 Å². The standard InChI is InChI=1S/C23H27N7/c1-29(13-14-30-11-3-2-4-12-30)23-19-6-5-18(15-17(19)7-8-26-23)28-22-21-20(16-27-22)24-9-10-25-21/h5-10,15H,2-4,11-14,16H2,1H3,(H,27,28). The number of anilines is 2. The predicted octanol–water partition coefficient (Wildman–Crippen LogP) is 3.32. The van der Waals surface area contributed by atoms with Crippen LogP contribution in [0.1, 0.15) is 30.7 Å². The van der Waals surface area contributed by atoms with Gasteiger partial charge in [0.15, 0.2) is 5.84 Å². The fourth-order valence-corrected chi connectivity index (χ4v) is 4.27. The average molecular weight is 402 g/mol. The van der Waals surface area contributed by atoms with E-state index >= 15 is 0 Å². The first-order valence-corrected chi connectivity index (χ1v) is 10.7. The molecule has 5 rings (SSSR count). The number of hydrogen-bond acceptors (Lipinski definition) is 7. The van der Waals surface area contributed by atoms with Crippen LogP contribution >= 0.6 is 0 Å². The monoisotopic (exact) mass is 401 g/mol. The van der Waals surface area contributed by atoms with Crippen LogP contribution in [0.25, 0.3) is 10.8 Å². The van der Waals surface area contributed by atoms with E-state index in [0.29, 0.717) is 6.54 Å². The molecule has 2 aliphatic rings.